The molecule has 1 aliphatic carbocycles. The summed E-state index contributed by atoms with van der Waals surface area (Å²) in [5, 5.41) is 16.8. The van der Waals surface area contributed by atoms with E-state index in [-0.39, 0.29) is 24.0 Å². The average Bonchev–Trinajstić information content (AvgIpc) is 3.00. The molecule has 3 N–H and O–H groups in total. The van der Waals surface area contributed by atoms with E-state index in [1.54, 1.807) is 7.05 Å². The standard InChI is InChI=1S/C11H22N4O.HI/c1-12-10(14-9-3-4-9)13-7-11(16)5-6-15(2)8-11;/h9,16H,3-8H2,1-2H3,(H2,12,13,14);1H. The molecule has 6 heteroatoms. The minimum Gasteiger partial charge on any atom is -0.387 e. The zero-order chi connectivity index (χ0) is 11.6. The van der Waals surface area contributed by atoms with Crippen LogP contribution in [0.25, 0.3) is 0 Å². The molecule has 1 aliphatic heterocycles. The fourth-order valence-corrected chi connectivity index (χ4v) is 2.07. The lowest BCUT2D eigenvalue weighted by atomic mass is 10.0. The van der Waals surface area contributed by atoms with Crippen LogP contribution in [0, 0.1) is 0 Å². The molecule has 0 aromatic heterocycles. The van der Waals surface area contributed by atoms with E-state index < -0.39 is 5.60 Å². The van der Waals surface area contributed by atoms with Crippen LogP contribution in [0.3, 0.4) is 0 Å². The summed E-state index contributed by atoms with van der Waals surface area (Å²) in [7, 11) is 3.80. The largest absolute Gasteiger partial charge is 0.387 e. The summed E-state index contributed by atoms with van der Waals surface area (Å²) in [5.41, 5.74) is -0.601. The fraction of sp³-hybridized carbons (Fsp3) is 0.909. The van der Waals surface area contributed by atoms with Crippen LogP contribution in [-0.2, 0) is 0 Å². The van der Waals surface area contributed by atoms with Crippen molar-refractivity contribution in [2.24, 2.45) is 4.99 Å². The van der Waals surface area contributed by atoms with Gasteiger partial charge in [-0.05, 0) is 26.3 Å². The Balaban J connectivity index is 0.00000144. The van der Waals surface area contributed by atoms with Crippen LogP contribution in [0.2, 0.25) is 0 Å². The number of β-amino-alcohol motifs (C(OH)–C–C–N with tert-alkyl or cyclic N) is 1. The van der Waals surface area contributed by atoms with E-state index in [4.69, 9.17) is 0 Å². The summed E-state index contributed by atoms with van der Waals surface area (Å²) in [6, 6.07) is 0.590. The maximum atomic E-state index is 10.3. The third-order valence-corrected chi connectivity index (χ3v) is 3.25. The third kappa shape index (κ3) is 4.59. The average molecular weight is 354 g/mol. The van der Waals surface area contributed by atoms with Crippen LogP contribution in [0.5, 0.6) is 0 Å². The highest BCUT2D eigenvalue weighted by Gasteiger charge is 2.34. The van der Waals surface area contributed by atoms with Crippen LogP contribution in [0.15, 0.2) is 4.99 Å². The van der Waals surface area contributed by atoms with Gasteiger partial charge < -0.3 is 20.6 Å². The van der Waals surface area contributed by atoms with Crippen molar-refractivity contribution in [2.45, 2.75) is 30.9 Å². The minimum atomic E-state index is -0.601. The van der Waals surface area contributed by atoms with Crippen LogP contribution in [0.1, 0.15) is 19.3 Å². The lowest BCUT2D eigenvalue weighted by Crippen LogP contribution is -2.48. The van der Waals surface area contributed by atoms with Crippen molar-refractivity contribution in [3.8, 4) is 0 Å². The van der Waals surface area contributed by atoms with E-state index in [1.807, 2.05) is 7.05 Å². The highest BCUT2D eigenvalue weighted by Crippen LogP contribution is 2.20. The van der Waals surface area contributed by atoms with Gasteiger partial charge in [-0.25, -0.2) is 0 Å². The van der Waals surface area contributed by atoms with Gasteiger partial charge in [-0.15, -0.1) is 24.0 Å². The summed E-state index contributed by atoms with van der Waals surface area (Å²) < 4.78 is 0. The topological polar surface area (TPSA) is 59.9 Å². The Bertz CT molecular complexity index is 283. The van der Waals surface area contributed by atoms with Gasteiger partial charge in [0.25, 0.3) is 0 Å². The molecule has 17 heavy (non-hydrogen) atoms. The Morgan fingerprint density at radius 3 is 2.71 bits per heavy atom. The molecule has 1 unspecified atom stereocenters. The molecule has 0 aromatic carbocycles. The smallest absolute Gasteiger partial charge is 0.191 e. The number of rotatable bonds is 3. The zero-order valence-corrected chi connectivity index (χ0v) is 12.9. The molecule has 2 rings (SSSR count). The SMILES string of the molecule is CN=C(NCC1(O)CCN(C)C1)NC1CC1.I. The second kappa shape index (κ2) is 6.19. The highest BCUT2D eigenvalue weighted by atomic mass is 127. The van der Waals surface area contributed by atoms with Crippen molar-refractivity contribution in [3.05, 3.63) is 0 Å². The van der Waals surface area contributed by atoms with Crippen molar-refractivity contribution < 1.29 is 5.11 Å². The number of likely N-dealkylation sites (tertiary alicyclic amines) is 1. The highest BCUT2D eigenvalue weighted by molar-refractivity contribution is 14.0. The first kappa shape index (κ1) is 15.0. The summed E-state index contributed by atoms with van der Waals surface area (Å²) in [6.45, 7) is 2.27. The summed E-state index contributed by atoms with van der Waals surface area (Å²) in [6.07, 6.45) is 3.29. The number of nitrogens with one attached hydrogen (secondary N) is 2. The Labute approximate surface area is 120 Å². The van der Waals surface area contributed by atoms with E-state index >= 15 is 0 Å². The number of halogens is 1. The maximum absolute atomic E-state index is 10.3. The van der Waals surface area contributed by atoms with Crippen molar-refractivity contribution in [1.29, 1.82) is 0 Å². The maximum Gasteiger partial charge on any atom is 0.191 e. The first-order chi connectivity index (χ1) is 7.61. The van der Waals surface area contributed by atoms with Gasteiger partial charge in [0.05, 0.1) is 5.60 Å². The number of hydrogen-bond acceptors (Lipinski definition) is 3. The molecule has 0 aromatic rings. The molecule has 0 radical (unpaired) electrons. The molecule has 2 aliphatic rings. The zero-order valence-electron chi connectivity index (χ0n) is 10.6. The Morgan fingerprint density at radius 2 is 2.24 bits per heavy atom. The Hall–Kier alpha value is -0.0800. The van der Waals surface area contributed by atoms with Crippen LogP contribution in [0.4, 0.5) is 0 Å². The number of guanidine groups is 1. The molecule has 2 fully saturated rings. The molecule has 1 atom stereocenters. The lowest BCUT2D eigenvalue weighted by Gasteiger charge is -2.24. The first-order valence-electron chi connectivity index (χ1n) is 5.99. The van der Waals surface area contributed by atoms with Crippen LogP contribution >= 0.6 is 24.0 Å². The van der Waals surface area contributed by atoms with Crippen LogP contribution < -0.4 is 10.6 Å². The fourth-order valence-electron chi connectivity index (χ4n) is 2.07. The van der Waals surface area contributed by atoms with E-state index in [0.29, 0.717) is 12.6 Å². The quantitative estimate of drug-likeness (QED) is 0.379. The van der Waals surface area contributed by atoms with Gasteiger partial charge in [0, 0.05) is 32.7 Å². The molecule has 5 nitrogen and oxygen atoms in total. The van der Waals surface area contributed by atoms with Crippen molar-refractivity contribution in [2.75, 3.05) is 33.7 Å². The minimum absolute atomic E-state index is 0. The van der Waals surface area contributed by atoms with Crippen LogP contribution in [-0.4, -0.2) is 61.3 Å². The molecule has 0 bridgehead atoms. The molecule has 100 valence electrons. The number of hydrogen-bond donors (Lipinski definition) is 3. The van der Waals surface area contributed by atoms with Gasteiger partial charge >= 0.3 is 0 Å². The molecule has 0 amide bonds. The van der Waals surface area contributed by atoms with Gasteiger partial charge in [0.1, 0.15) is 0 Å². The molecule has 0 spiro atoms. The van der Waals surface area contributed by atoms with Gasteiger partial charge in [-0.1, -0.05) is 0 Å². The van der Waals surface area contributed by atoms with Gasteiger partial charge in [-0.3, -0.25) is 4.99 Å². The lowest BCUT2D eigenvalue weighted by molar-refractivity contribution is 0.0562. The molecule has 1 saturated carbocycles. The van der Waals surface area contributed by atoms with Crippen molar-refractivity contribution in [3.63, 3.8) is 0 Å². The number of likely N-dealkylation sites (N-methyl/N-ethyl adjacent to an activating group) is 1. The first-order valence-corrected chi connectivity index (χ1v) is 5.99. The predicted octanol–water partition coefficient (Wildman–Crippen LogP) is -0.00160. The van der Waals surface area contributed by atoms with Gasteiger partial charge in [-0.2, -0.15) is 0 Å². The third-order valence-electron chi connectivity index (χ3n) is 3.25. The van der Waals surface area contributed by atoms with E-state index in [0.717, 1.165) is 25.5 Å². The number of nitrogens with zero attached hydrogens (tertiary/aromatic N) is 2. The van der Waals surface area contributed by atoms with Gasteiger partial charge in [0.15, 0.2) is 5.96 Å². The van der Waals surface area contributed by atoms with Gasteiger partial charge in [0.2, 0.25) is 0 Å². The van der Waals surface area contributed by atoms with E-state index in [2.05, 4.69) is 20.5 Å². The normalized spacial score (nSPS) is 29.9. The molecule has 1 heterocycles. The summed E-state index contributed by atoms with van der Waals surface area (Å²) in [4.78, 5) is 6.30. The summed E-state index contributed by atoms with van der Waals surface area (Å²) in [5.74, 6) is 0.811. The predicted molar refractivity (Wildman–Crippen MR) is 80.0 cm³/mol. The number of aliphatic imine (C=N–C) groups is 1. The van der Waals surface area contributed by atoms with E-state index in [1.165, 1.54) is 12.8 Å². The van der Waals surface area contributed by atoms with Crippen molar-refractivity contribution >= 4 is 29.9 Å². The second-order valence-corrected chi connectivity index (χ2v) is 5.06. The van der Waals surface area contributed by atoms with E-state index in [9.17, 15) is 5.11 Å². The van der Waals surface area contributed by atoms with Crippen molar-refractivity contribution in [1.82, 2.24) is 15.5 Å². The summed E-state index contributed by atoms with van der Waals surface area (Å²) >= 11 is 0. The molecular formula is C11H23IN4O. The molecule has 1 saturated heterocycles. The number of aliphatic hydroxyl groups is 1. The Kier molecular flexibility index (Phi) is 5.46. The molecular weight excluding hydrogens is 331 g/mol. The second-order valence-electron chi connectivity index (χ2n) is 5.06. The monoisotopic (exact) mass is 354 g/mol. The Morgan fingerprint density at radius 1 is 1.53 bits per heavy atom.